The van der Waals surface area contributed by atoms with Gasteiger partial charge in [-0.05, 0) is 18.5 Å². The SMILES string of the molecule is CCOc1nc(Cl)nc(Sc2ncco2)n1. The van der Waals surface area contributed by atoms with Gasteiger partial charge in [0, 0.05) is 11.8 Å². The van der Waals surface area contributed by atoms with Crippen LogP contribution in [0.3, 0.4) is 0 Å². The molecule has 2 rings (SSSR count). The third-order valence-electron chi connectivity index (χ3n) is 1.43. The summed E-state index contributed by atoms with van der Waals surface area (Å²) in [7, 11) is 0. The van der Waals surface area contributed by atoms with Crippen LogP contribution in [0.1, 0.15) is 6.92 Å². The molecule has 0 bridgehead atoms. The van der Waals surface area contributed by atoms with Crippen LogP contribution in [0.4, 0.5) is 0 Å². The smallest absolute Gasteiger partial charge is 0.321 e. The summed E-state index contributed by atoms with van der Waals surface area (Å²) in [5.41, 5.74) is 0. The first-order valence-electron chi connectivity index (χ1n) is 4.39. The molecule has 16 heavy (non-hydrogen) atoms. The highest BCUT2D eigenvalue weighted by Crippen LogP contribution is 2.24. The standard InChI is InChI=1S/C8H7ClN4O2S/c1-2-14-6-11-5(9)12-7(13-6)16-8-10-3-4-15-8/h3-4H,2H2,1H3. The Morgan fingerprint density at radius 1 is 1.44 bits per heavy atom. The van der Waals surface area contributed by atoms with Gasteiger partial charge < -0.3 is 9.15 Å². The van der Waals surface area contributed by atoms with Crippen molar-refractivity contribution in [2.24, 2.45) is 0 Å². The van der Waals surface area contributed by atoms with Crippen LogP contribution in [0.2, 0.25) is 5.28 Å². The minimum Gasteiger partial charge on any atom is -0.464 e. The monoisotopic (exact) mass is 258 g/mol. The van der Waals surface area contributed by atoms with E-state index in [-0.39, 0.29) is 11.3 Å². The molecule has 8 heteroatoms. The summed E-state index contributed by atoms with van der Waals surface area (Å²) in [6, 6.07) is 0.191. The van der Waals surface area contributed by atoms with Crippen molar-refractivity contribution in [3.05, 3.63) is 17.7 Å². The molecule has 0 spiro atoms. The van der Waals surface area contributed by atoms with Gasteiger partial charge in [0.15, 0.2) is 0 Å². The molecule has 0 aliphatic rings. The fourth-order valence-corrected chi connectivity index (χ4v) is 1.72. The zero-order chi connectivity index (χ0) is 11.4. The largest absolute Gasteiger partial charge is 0.464 e. The second-order valence-corrected chi connectivity index (χ2v) is 3.76. The van der Waals surface area contributed by atoms with E-state index in [2.05, 4.69) is 19.9 Å². The lowest BCUT2D eigenvalue weighted by atomic mass is 10.9. The van der Waals surface area contributed by atoms with Gasteiger partial charge in [-0.3, -0.25) is 0 Å². The molecule has 6 nitrogen and oxygen atoms in total. The molecule has 0 N–H and O–H groups in total. The van der Waals surface area contributed by atoms with Crippen LogP contribution in [-0.2, 0) is 0 Å². The summed E-state index contributed by atoms with van der Waals surface area (Å²) in [6.07, 6.45) is 3.00. The number of hydrogen-bond donors (Lipinski definition) is 0. The molecule has 0 amide bonds. The van der Waals surface area contributed by atoms with Gasteiger partial charge in [-0.25, -0.2) is 4.98 Å². The number of ether oxygens (including phenoxy) is 1. The lowest BCUT2D eigenvalue weighted by Gasteiger charge is -2.01. The summed E-state index contributed by atoms with van der Waals surface area (Å²) in [4.78, 5) is 15.7. The molecular formula is C8H7ClN4O2S. The van der Waals surface area contributed by atoms with E-state index in [0.29, 0.717) is 17.0 Å². The molecule has 0 aromatic carbocycles. The van der Waals surface area contributed by atoms with Gasteiger partial charge >= 0.3 is 6.01 Å². The molecule has 2 aromatic rings. The Balaban J connectivity index is 2.20. The fraction of sp³-hybridized carbons (Fsp3) is 0.250. The maximum Gasteiger partial charge on any atom is 0.321 e. The van der Waals surface area contributed by atoms with Crippen molar-refractivity contribution >= 4 is 23.4 Å². The molecule has 0 fully saturated rings. The van der Waals surface area contributed by atoms with Crippen molar-refractivity contribution < 1.29 is 9.15 Å². The average molecular weight is 259 g/mol. The van der Waals surface area contributed by atoms with Crippen molar-refractivity contribution in [3.63, 3.8) is 0 Å². The Bertz CT molecular complexity index is 465. The zero-order valence-electron chi connectivity index (χ0n) is 8.25. The first kappa shape index (κ1) is 11.2. The van der Waals surface area contributed by atoms with Gasteiger partial charge in [-0.1, -0.05) is 0 Å². The van der Waals surface area contributed by atoms with Crippen molar-refractivity contribution in [1.29, 1.82) is 0 Å². The Hall–Kier alpha value is -1.34. The van der Waals surface area contributed by atoms with E-state index in [1.54, 1.807) is 0 Å². The average Bonchev–Trinajstić information content (AvgIpc) is 2.70. The molecule has 2 aromatic heterocycles. The van der Waals surface area contributed by atoms with Crippen LogP contribution >= 0.6 is 23.4 Å². The second-order valence-electron chi connectivity index (χ2n) is 2.50. The zero-order valence-corrected chi connectivity index (χ0v) is 9.83. The molecule has 0 unspecified atom stereocenters. The Morgan fingerprint density at radius 3 is 3.00 bits per heavy atom. The van der Waals surface area contributed by atoms with Crippen molar-refractivity contribution in [2.45, 2.75) is 17.3 Å². The quantitative estimate of drug-likeness (QED) is 0.831. The predicted molar refractivity (Wildman–Crippen MR) is 56.6 cm³/mol. The predicted octanol–water partition coefficient (Wildman–Crippen LogP) is 2.06. The number of oxazole rings is 1. The fourth-order valence-electron chi connectivity index (χ4n) is 0.893. The highest BCUT2D eigenvalue weighted by atomic mass is 35.5. The van der Waals surface area contributed by atoms with Crippen LogP contribution in [0, 0.1) is 0 Å². The van der Waals surface area contributed by atoms with Gasteiger partial charge in [0.2, 0.25) is 10.4 Å². The number of nitrogens with zero attached hydrogens (tertiary/aromatic N) is 4. The van der Waals surface area contributed by atoms with Crippen LogP contribution in [0.15, 0.2) is 27.3 Å². The molecule has 0 aliphatic carbocycles. The van der Waals surface area contributed by atoms with Crippen molar-refractivity contribution in [1.82, 2.24) is 19.9 Å². The molecule has 0 aliphatic heterocycles. The Morgan fingerprint density at radius 2 is 2.31 bits per heavy atom. The number of halogens is 1. The van der Waals surface area contributed by atoms with E-state index in [1.807, 2.05) is 6.92 Å². The third-order valence-corrected chi connectivity index (χ3v) is 2.34. The van der Waals surface area contributed by atoms with Crippen LogP contribution < -0.4 is 4.74 Å². The maximum atomic E-state index is 5.72. The van der Waals surface area contributed by atoms with Gasteiger partial charge in [-0.2, -0.15) is 15.0 Å². The number of hydrogen-bond acceptors (Lipinski definition) is 7. The van der Waals surface area contributed by atoms with E-state index < -0.39 is 0 Å². The second kappa shape index (κ2) is 5.13. The molecule has 0 saturated carbocycles. The summed E-state index contributed by atoms with van der Waals surface area (Å²) >= 11 is 6.86. The first-order chi connectivity index (χ1) is 7.78. The lowest BCUT2D eigenvalue weighted by molar-refractivity contribution is 0.307. The topological polar surface area (TPSA) is 73.9 Å². The molecule has 2 heterocycles. The third kappa shape index (κ3) is 2.83. The molecular weight excluding hydrogens is 252 g/mol. The highest BCUT2D eigenvalue weighted by molar-refractivity contribution is 7.98. The van der Waals surface area contributed by atoms with E-state index in [0.717, 1.165) is 11.8 Å². The molecule has 0 saturated heterocycles. The van der Waals surface area contributed by atoms with Gasteiger partial charge in [0.1, 0.15) is 6.26 Å². The minimum atomic E-state index is 0.0764. The minimum absolute atomic E-state index is 0.0764. The van der Waals surface area contributed by atoms with E-state index >= 15 is 0 Å². The van der Waals surface area contributed by atoms with Gasteiger partial charge in [0.05, 0.1) is 12.8 Å². The summed E-state index contributed by atoms with van der Waals surface area (Å²) in [6.45, 7) is 2.29. The summed E-state index contributed by atoms with van der Waals surface area (Å²) in [5, 5.41) is 0.892. The Labute approximate surface area is 100 Å². The van der Waals surface area contributed by atoms with E-state index in [9.17, 15) is 0 Å². The van der Waals surface area contributed by atoms with Crippen LogP contribution in [-0.4, -0.2) is 26.5 Å². The van der Waals surface area contributed by atoms with Gasteiger partial charge in [-0.15, -0.1) is 0 Å². The number of rotatable bonds is 4. The van der Waals surface area contributed by atoms with E-state index in [1.165, 1.54) is 12.5 Å². The van der Waals surface area contributed by atoms with Crippen LogP contribution in [0.5, 0.6) is 6.01 Å². The van der Waals surface area contributed by atoms with Crippen molar-refractivity contribution in [2.75, 3.05) is 6.61 Å². The summed E-state index contributed by atoms with van der Waals surface area (Å²) in [5.74, 6) is 0. The highest BCUT2D eigenvalue weighted by Gasteiger charge is 2.09. The number of aromatic nitrogens is 4. The van der Waals surface area contributed by atoms with Crippen molar-refractivity contribution in [3.8, 4) is 6.01 Å². The first-order valence-corrected chi connectivity index (χ1v) is 5.59. The normalized spacial score (nSPS) is 10.4. The maximum absolute atomic E-state index is 5.72. The summed E-state index contributed by atoms with van der Waals surface area (Å²) < 4.78 is 10.2. The van der Waals surface area contributed by atoms with E-state index in [4.69, 9.17) is 20.8 Å². The molecule has 84 valence electrons. The lowest BCUT2D eigenvalue weighted by Crippen LogP contribution is -2.00. The molecule has 0 atom stereocenters. The Kier molecular flexibility index (Phi) is 3.58. The van der Waals surface area contributed by atoms with Crippen LogP contribution in [0.25, 0.3) is 0 Å². The molecule has 0 radical (unpaired) electrons. The van der Waals surface area contributed by atoms with Gasteiger partial charge in [0.25, 0.3) is 5.22 Å².